The zero-order valence-corrected chi connectivity index (χ0v) is 21.6. The number of nitrogens with two attached hydrogens (primary N) is 1. The zero-order valence-electron chi connectivity index (χ0n) is 21.6. The van der Waals surface area contributed by atoms with Crippen LogP contribution < -0.4 is 27.0 Å². The van der Waals surface area contributed by atoms with Gasteiger partial charge in [0.1, 0.15) is 17.3 Å². The van der Waals surface area contributed by atoms with Gasteiger partial charge < -0.3 is 31.9 Å². The Labute approximate surface area is 213 Å². The lowest BCUT2D eigenvalue weighted by atomic mass is 9.98. The average molecular weight is 496 g/mol. The standard InChI is InChI=1S/C27H38FN7O/c1-6-23-34-25(24(26(29)35(23)5)33-17(2)19-9-7-8-10-19)27(36)32-14-18-11-20(13-22(28)12-18)21(15-30-3)16-31-4/h1,11-13,15,17,19,23,30-31,33H,7-10,14,16,29H2,2-5H3,(H,32,36)/b21-15+. The van der Waals surface area contributed by atoms with Crippen molar-refractivity contribution in [1.82, 2.24) is 26.2 Å². The van der Waals surface area contributed by atoms with Crippen LogP contribution in [0.2, 0.25) is 0 Å². The highest BCUT2D eigenvalue weighted by Gasteiger charge is 2.32. The van der Waals surface area contributed by atoms with Gasteiger partial charge in [-0.3, -0.25) is 4.79 Å². The highest BCUT2D eigenvalue weighted by Crippen LogP contribution is 2.28. The topological polar surface area (TPSA) is 107 Å². The number of benzene rings is 1. The fourth-order valence-electron chi connectivity index (χ4n) is 4.77. The zero-order chi connectivity index (χ0) is 26.2. The molecule has 9 heteroatoms. The first kappa shape index (κ1) is 27.1. The van der Waals surface area contributed by atoms with Gasteiger partial charge in [-0.05, 0) is 67.6 Å². The molecule has 1 aromatic carbocycles. The van der Waals surface area contributed by atoms with Gasteiger partial charge in [0.25, 0.3) is 5.91 Å². The van der Waals surface area contributed by atoms with E-state index in [0.717, 1.165) is 24.0 Å². The molecule has 1 amide bonds. The van der Waals surface area contributed by atoms with Crippen LogP contribution in [0.15, 0.2) is 40.9 Å². The fraction of sp³-hybridized carbons (Fsp3) is 0.481. The van der Waals surface area contributed by atoms with E-state index in [0.29, 0.717) is 29.5 Å². The molecule has 0 spiro atoms. The Hall–Kier alpha value is -3.51. The highest BCUT2D eigenvalue weighted by molar-refractivity contribution is 6.45. The summed E-state index contributed by atoms with van der Waals surface area (Å²) in [6, 6.07) is 4.87. The summed E-state index contributed by atoms with van der Waals surface area (Å²) < 4.78 is 14.4. The van der Waals surface area contributed by atoms with Crippen molar-refractivity contribution >= 4 is 17.2 Å². The molecular weight excluding hydrogens is 457 g/mol. The lowest BCUT2D eigenvalue weighted by Gasteiger charge is -2.33. The SMILES string of the molecule is C#CC1N=C(C(=O)NCc2cc(F)cc(/C(=C/NC)CNC)c2)C(NC(C)C2CCCC2)=C(N)N1C. The van der Waals surface area contributed by atoms with Gasteiger partial charge in [0.15, 0.2) is 11.9 Å². The Bertz CT molecular complexity index is 1080. The van der Waals surface area contributed by atoms with E-state index in [1.165, 1.54) is 25.0 Å². The molecule has 0 saturated heterocycles. The van der Waals surface area contributed by atoms with Crippen molar-refractivity contribution in [2.75, 3.05) is 27.7 Å². The van der Waals surface area contributed by atoms with E-state index in [-0.39, 0.29) is 24.1 Å². The third kappa shape index (κ3) is 6.38. The minimum atomic E-state index is -0.686. The molecule has 0 radical (unpaired) electrons. The third-order valence-corrected chi connectivity index (χ3v) is 6.80. The van der Waals surface area contributed by atoms with Crippen LogP contribution in [0.3, 0.4) is 0 Å². The van der Waals surface area contributed by atoms with E-state index < -0.39 is 12.1 Å². The Balaban J connectivity index is 1.81. The van der Waals surface area contributed by atoms with Crippen LogP contribution in [0, 0.1) is 24.1 Å². The maximum Gasteiger partial charge on any atom is 0.272 e. The predicted molar refractivity (Wildman–Crippen MR) is 143 cm³/mol. The van der Waals surface area contributed by atoms with E-state index in [4.69, 9.17) is 12.2 Å². The predicted octanol–water partition coefficient (Wildman–Crippen LogP) is 1.86. The smallest absolute Gasteiger partial charge is 0.272 e. The molecule has 2 atom stereocenters. The van der Waals surface area contributed by atoms with Crippen molar-refractivity contribution in [3.8, 4) is 12.3 Å². The quantitative estimate of drug-likeness (QED) is 0.317. The molecule has 194 valence electrons. The van der Waals surface area contributed by atoms with Gasteiger partial charge >= 0.3 is 0 Å². The van der Waals surface area contributed by atoms with E-state index >= 15 is 0 Å². The van der Waals surface area contributed by atoms with Crippen LogP contribution >= 0.6 is 0 Å². The molecule has 0 bridgehead atoms. The minimum absolute atomic E-state index is 0.122. The lowest BCUT2D eigenvalue weighted by molar-refractivity contribution is -0.115. The first-order valence-electron chi connectivity index (χ1n) is 12.4. The third-order valence-electron chi connectivity index (χ3n) is 6.80. The molecule has 1 aromatic rings. The van der Waals surface area contributed by atoms with E-state index in [1.54, 1.807) is 19.0 Å². The summed E-state index contributed by atoms with van der Waals surface area (Å²) >= 11 is 0. The fourth-order valence-corrected chi connectivity index (χ4v) is 4.77. The van der Waals surface area contributed by atoms with Crippen molar-refractivity contribution in [3.05, 3.63) is 52.9 Å². The number of halogens is 1. The van der Waals surface area contributed by atoms with Gasteiger partial charge in [-0.2, -0.15) is 0 Å². The van der Waals surface area contributed by atoms with E-state index in [9.17, 15) is 9.18 Å². The average Bonchev–Trinajstić information content (AvgIpc) is 3.40. The molecule has 1 heterocycles. The van der Waals surface area contributed by atoms with Crippen LogP contribution in [0.4, 0.5) is 4.39 Å². The molecule has 6 N–H and O–H groups in total. The Kier molecular flexibility index (Phi) is 9.37. The summed E-state index contributed by atoms with van der Waals surface area (Å²) in [7, 11) is 5.38. The maximum atomic E-state index is 14.4. The van der Waals surface area contributed by atoms with Gasteiger partial charge in [-0.25, -0.2) is 9.38 Å². The minimum Gasteiger partial charge on any atom is -0.394 e. The van der Waals surface area contributed by atoms with Gasteiger partial charge in [0.2, 0.25) is 0 Å². The Morgan fingerprint density at radius 3 is 2.69 bits per heavy atom. The number of nitrogens with one attached hydrogen (secondary N) is 4. The Morgan fingerprint density at radius 2 is 2.06 bits per heavy atom. The second-order valence-corrected chi connectivity index (χ2v) is 9.39. The highest BCUT2D eigenvalue weighted by atomic mass is 19.1. The first-order valence-corrected chi connectivity index (χ1v) is 12.4. The van der Waals surface area contributed by atoms with E-state index in [1.807, 2.05) is 19.3 Å². The van der Waals surface area contributed by atoms with Gasteiger partial charge in [0, 0.05) is 39.4 Å². The van der Waals surface area contributed by atoms with Crippen molar-refractivity contribution in [2.45, 2.75) is 51.4 Å². The summed E-state index contributed by atoms with van der Waals surface area (Å²) in [5.74, 6) is 2.66. The summed E-state index contributed by atoms with van der Waals surface area (Å²) in [5, 5.41) is 12.4. The number of terminal acetylenes is 1. The molecule has 2 unspecified atom stereocenters. The number of hydrogen-bond acceptors (Lipinski definition) is 7. The van der Waals surface area contributed by atoms with E-state index in [2.05, 4.69) is 39.1 Å². The number of amides is 1. The summed E-state index contributed by atoms with van der Waals surface area (Å²) in [6.07, 6.45) is 11.5. The summed E-state index contributed by atoms with van der Waals surface area (Å²) in [5.41, 5.74) is 9.32. The van der Waals surface area contributed by atoms with Crippen LogP contribution in [0.25, 0.3) is 5.57 Å². The van der Waals surface area contributed by atoms with Gasteiger partial charge in [-0.15, -0.1) is 6.42 Å². The second-order valence-electron chi connectivity index (χ2n) is 9.39. The molecule has 1 aliphatic carbocycles. The van der Waals surface area contributed by atoms with Crippen molar-refractivity contribution in [3.63, 3.8) is 0 Å². The molecular formula is C27H38FN7O. The van der Waals surface area contributed by atoms with Gasteiger partial charge in [0.05, 0.1) is 0 Å². The number of rotatable bonds is 10. The second kappa shape index (κ2) is 12.5. The van der Waals surface area contributed by atoms with Crippen LogP contribution in [-0.2, 0) is 11.3 Å². The Morgan fingerprint density at radius 1 is 1.33 bits per heavy atom. The van der Waals surface area contributed by atoms with Crippen molar-refractivity contribution in [1.29, 1.82) is 0 Å². The molecule has 1 fully saturated rings. The summed E-state index contributed by atoms with van der Waals surface area (Å²) in [4.78, 5) is 19.5. The molecule has 3 rings (SSSR count). The lowest BCUT2D eigenvalue weighted by Crippen LogP contribution is -2.49. The number of aliphatic imine (C=N–C) groups is 1. The van der Waals surface area contributed by atoms with Gasteiger partial charge in [-0.1, -0.05) is 18.8 Å². The molecule has 36 heavy (non-hydrogen) atoms. The molecule has 8 nitrogen and oxygen atoms in total. The van der Waals surface area contributed by atoms with Crippen molar-refractivity contribution in [2.24, 2.45) is 16.6 Å². The van der Waals surface area contributed by atoms with Crippen LogP contribution in [0.5, 0.6) is 0 Å². The number of nitrogens with zero attached hydrogens (tertiary/aromatic N) is 2. The molecule has 1 aliphatic heterocycles. The normalized spacial score (nSPS) is 19.6. The number of carbonyl (C=O) groups is 1. The summed E-state index contributed by atoms with van der Waals surface area (Å²) in [6.45, 7) is 2.79. The monoisotopic (exact) mass is 495 g/mol. The largest absolute Gasteiger partial charge is 0.394 e. The molecule has 0 aromatic heterocycles. The van der Waals surface area contributed by atoms with Crippen molar-refractivity contribution < 1.29 is 9.18 Å². The van der Waals surface area contributed by atoms with Crippen LogP contribution in [-0.4, -0.2) is 56.4 Å². The molecule has 1 saturated carbocycles. The number of carbonyl (C=O) groups excluding carboxylic acids is 1. The molecule has 2 aliphatic rings. The van der Waals surface area contributed by atoms with Crippen LogP contribution in [0.1, 0.15) is 43.7 Å². The number of hydrogen-bond donors (Lipinski definition) is 5. The first-order chi connectivity index (χ1) is 17.3. The number of likely N-dealkylation sites (N-methyl/N-ethyl adjacent to an activating group) is 1. The maximum absolute atomic E-state index is 14.4.